The summed E-state index contributed by atoms with van der Waals surface area (Å²) in [6, 6.07) is 0.306. The summed E-state index contributed by atoms with van der Waals surface area (Å²) in [5.74, 6) is -0.0658. The second-order valence-electron chi connectivity index (χ2n) is 4.82. The Balaban J connectivity index is 1.83. The van der Waals surface area contributed by atoms with Crippen molar-refractivity contribution in [2.75, 3.05) is 11.9 Å². The Kier molecular flexibility index (Phi) is 4.28. The van der Waals surface area contributed by atoms with Gasteiger partial charge in [0.2, 0.25) is 11.1 Å². The largest absolute Gasteiger partial charge is 0.354 e. The highest BCUT2D eigenvalue weighted by molar-refractivity contribution is 7.99. The Morgan fingerprint density at radius 3 is 3.00 bits per heavy atom. The van der Waals surface area contributed by atoms with Crippen LogP contribution in [-0.2, 0) is 0 Å². The molecule has 0 spiro atoms. The normalized spacial score (nSPS) is 15.5. The number of halogens is 1. The van der Waals surface area contributed by atoms with Crippen molar-refractivity contribution in [1.82, 2.24) is 30.2 Å². The fourth-order valence-corrected chi connectivity index (χ4v) is 3.20. The van der Waals surface area contributed by atoms with Gasteiger partial charge in [0.15, 0.2) is 5.82 Å². The van der Waals surface area contributed by atoms with Gasteiger partial charge in [-0.25, -0.2) is 19.0 Å². The van der Waals surface area contributed by atoms with Gasteiger partial charge in [0.1, 0.15) is 5.03 Å². The molecule has 0 aliphatic heterocycles. The molecular formula is C12H16FN7S. The molecule has 21 heavy (non-hydrogen) atoms. The lowest BCUT2D eigenvalue weighted by Crippen LogP contribution is -2.09. The predicted octanol–water partition coefficient (Wildman–Crippen LogP) is 2.30. The lowest BCUT2D eigenvalue weighted by Gasteiger charge is -2.11. The van der Waals surface area contributed by atoms with E-state index in [1.54, 1.807) is 4.68 Å². The minimum atomic E-state index is -0.470. The molecule has 0 radical (unpaired) electrons. The Hall–Kier alpha value is -1.77. The quantitative estimate of drug-likeness (QED) is 0.849. The van der Waals surface area contributed by atoms with Crippen LogP contribution in [0.25, 0.3) is 0 Å². The third kappa shape index (κ3) is 3.12. The van der Waals surface area contributed by atoms with Crippen LogP contribution in [0.4, 0.5) is 10.3 Å². The second kappa shape index (κ2) is 6.33. The van der Waals surface area contributed by atoms with Crippen molar-refractivity contribution < 1.29 is 4.39 Å². The Morgan fingerprint density at radius 1 is 1.43 bits per heavy atom. The predicted molar refractivity (Wildman–Crippen MR) is 75.6 cm³/mol. The molecule has 0 bridgehead atoms. The van der Waals surface area contributed by atoms with Crippen molar-refractivity contribution >= 4 is 17.7 Å². The minimum absolute atomic E-state index is 0.231. The van der Waals surface area contributed by atoms with Gasteiger partial charge in [-0.05, 0) is 42.0 Å². The molecule has 7 nitrogen and oxygen atoms in total. The number of tetrazole rings is 1. The zero-order chi connectivity index (χ0) is 14.7. The molecule has 9 heteroatoms. The fraction of sp³-hybridized carbons (Fsp3) is 0.583. The van der Waals surface area contributed by atoms with Gasteiger partial charge >= 0.3 is 0 Å². The van der Waals surface area contributed by atoms with Crippen molar-refractivity contribution in [1.29, 1.82) is 0 Å². The Labute approximate surface area is 125 Å². The van der Waals surface area contributed by atoms with E-state index >= 15 is 0 Å². The summed E-state index contributed by atoms with van der Waals surface area (Å²) in [5, 5.41) is 15.5. The first kappa shape index (κ1) is 14.2. The van der Waals surface area contributed by atoms with Crippen LogP contribution in [0.2, 0.25) is 0 Å². The second-order valence-corrected chi connectivity index (χ2v) is 5.78. The smallest absolute Gasteiger partial charge is 0.223 e. The molecule has 0 aromatic carbocycles. The summed E-state index contributed by atoms with van der Waals surface area (Å²) in [7, 11) is 0. The topological polar surface area (TPSA) is 81.4 Å². The Bertz CT molecular complexity index is 611. The van der Waals surface area contributed by atoms with Crippen molar-refractivity contribution in [2.45, 2.75) is 48.8 Å². The molecule has 3 rings (SSSR count). The molecular weight excluding hydrogens is 293 g/mol. The van der Waals surface area contributed by atoms with Gasteiger partial charge in [-0.1, -0.05) is 12.8 Å². The highest BCUT2D eigenvalue weighted by Gasteiger charge is 2.23. The number of hydrogen-bond donors (Lipinski definition) is 1. The molecule has 1 saturated carbocycles. The van der Waals surface area contributed by atoms with Gasteiger partial charge in [-0.3, -0.25) is 0 Å². The van der Waals surface area contributed by atoms with E-state index in [-0.39, 0.29) is 5.03 Å². The van der Waals surface area contributed by atoms with Crippen LogP contribution in [0.1, 0.15) is 38.6 Å². The van der Waals surface area contributed by atoms with Gasteiger partial charge in [0.05, 0.1) is 12.2 Å². The van der Waals surface area contributed by atoms with Crippen molar-refractivity contribution in [3.8, 4) is 0 Å². The van der Waals surface area contributed by atoms with Crippen LogP contribution in [0.15, 0.2) is 16.4 Å². The zero-order valence-corrected chi connectivity index (χ0v) is 12.5. The van der Waals surface area contributed by atoms with E-state index < -0.39 is 5.82 Å². The lowest BCUT2D eigenvalue weighted by molar-refractivity contribution is 0.422. The van der Waals surface area contributed by atoms with Gasteiger partial charge in [0.25, 0.3) is 0 Å². The van der Waals surface area contributed by atoms with E-state index in [2.05, 4.69) is 30.8 Å². The summed E-state index contributed by atoms with van der Waals surface area (Å²) < 4.78 is 15.6. The molecule has 0 saturated heterocycles. The number of aromatic nitrogens is 6. The van der Waals surface area contributed by atoms with Crippen LogP contribution in [0.3, 0.4) is 0 Å². The molecule has 0 unspecified atom stereocenters. The SMILES string of the molecule is CCNc1ncc(F)c(Sc2nnnn2C2CCCC2)n1. The summed E-state index contributed by atoms with van der Waals surface area (Å²) in [4.78, 5) is 8.05. The summed E-state index contributed by atoms with van der Waals surface area (Å²) in [6.07, 6.45) is 5.65. The minimum Gasteiger partial charge on any atom is -0.354 e. The van der Waals surface area contributed by atoms with E-state index in [4.69, 9.17) is 0 Å². The summed E-state index contributed by atoms with van der Waals surface area (Å²) in [6.45, 7) is 2.61. The third-order valence-electron chi connectivity index (χ3n) is 3.37. The maximum atomic E-state index is 13.9. The van der Waals surface area contributed by atoms with Gasteiger partial charge < -0.3 is 5.32 Å². The van der Waals surface area contributed by atoms with Crippen molar-refractivity contribution in [3.05, 3.63) is 12.0 Å². The standard InChI is InChI=1S/C12H16FN7S/c1-2-14-11-15-7-9(13)10(16-11)21-12-17-18-19-20(12)8-5-3-4-6-8/h7-8H,2-6H2,1H3,(H,14,15,16). The molecule has 1 aliphatic carbocycles. The maximum Gasteiger partial charge on any atom is 0.223 e. The first-order valence-electron chi connectivity index (χ1n) is 7.00. The molecule has 1 N–H and O–H groups in total. The number of nitrogens with zero attached hydrogens (tertiary/aromatic N) is 6. The molecule has 1 aliphatic rings. The average molecular weight is 309 g/mol. The van der Waals surface area contributed by atoms with Crippen molar-refractivity contribution in [3.63, 3.8) is 0 Å². The van der Waals surface area contributed by atoms with E-state index in [9.17, 15) is 4.39 Å². The number of hydrogen-bond acceptors (Lipinski definition) is 7. The lowest BCUT2D eigenvalue weighted by atomic mass is 10.3. The third-order valence-corrected chi connectivity index (χ3v) is 4.30. The molecule has 0 amide bonds. The molecule has 112 valence electrons. The van der Waals surface area contributed by atoms with Gasteiger partial charge in [-0.15, -0.1) is 5.10 Å². The summed E-state index contributed by atoms with van der Waals surface area (Å²) in [5.41, 5.74) is 0. The van der Waals surface area contributed by atoms with E-state index in [1.165, 1.54) is 12.8 Å². The van der Waals surface area contributed by atoms with Gasteiger partial charge in [-0.2, -0.15) is 0 Å². The molecule has 1 fully saturated rings. The number of nitrogens with one attached hydrogen (secondary N) is 1. The van der Waals surface area contributed by atoms with E-state index in [1.807, 2.05) is 6.92 Å². The van der Waals surface area contributed by atoms with Crippen molar-refractivity contribution in [2.24, 2.45) is 0 Å². The first-order chi connectivity index (χ1) is 10.3. The summed E-state index contributed by atoms with van der Waals surface area (Å²) >= 11 is 1.14. The molecule has 0 atom stereocenters. The molecule has 2 aromatic rings. The number of rotatable bonds is 5. The van der Waals surface area contributed by atoms with Crippen LogP contribution in [0.5, 0.6) is 0 Å². The van der Waals surface area contributed by atoms with E-state index in [0.29, 0.717) is 23.7 Å². The fourth-order valence-electron chi connectivity index (χ4n) is 2.38. The zero-order valence-electron chi connectivity index (χ0n) is 11.7. The molecule has 2 aromatic heterocycles. The first-order valence-corrected chi connectivity index (χ1v) is 7.81. The number of anilines is 1. The molecule has 2 heterocycles. The van der Waals surface area contributed by atoms with Crippen LogP contribution in [0, 0.1) is 5.82 Å². The highest BCUT2D eigenvalue weighted by Crippen LogP contribution is 2.33. The Morgan fingerprint density at radius 2 is 2.24 bits per heavy atom. The van der Waals surface area contributed by atoms with E-state index in [0.717, 1.165) is 30.8 Å². The average Bonchev–Trinajstić information content (AvgIpc) is 3.13. The van der Waals surface area contributed by atoms with Crippen LogP contribution >= 0.6 is 11.8 Å². The highest BCUT2D eigenvalue weighted by atomic mass is 32.2. The van der Waals surface area contributed by atoms with Gasteiger partial charge in [0, 0.05) is 6.54 Å². The monoisotopic (exact) mass is 309 g/mol. The van der Waals surface area contributed by atoms with Crippen LogP contribution < -0.4 is 5.32 Å². The maximum absolute atomic E-state index is 13.9. The van der Waals surface area contributed by atoms with Crippen LogP contribution in [-0.4, -0.2) is 36.7 Å².